The molecule has 0 unspecified atom stereocenters. The molecule has 8 nitrogen and oxygen atoms in total. The number of aromatic nitrogens is 4. The Balaban J connectivity index is 1.73. The minimum absolute atomic E-state index is 0.0364. The van der Waals surface area contributed by atoms with Gasteiger partial charge in [0, 0.05) is 23.3 Å². The van der Waals surface area contributed by atoms with Crippen molar-refractivity contribution in [3.05, 3.63) is 45.7 Å². The maximum Gasteiger partial charge on any atom is 0.573 e. The van der Waals surface area contributed by atoms with Crippen molar-refractivity contribution in [1.82, 2.24) is 19.7 Å². The van der Waals surface area contributed by atoms with Gasteiger partial charge in [0.15, 0.2) is 11.4 Å². The first-order chi connectivity index (χ1) is 14.1. The van der Waals surface area contributed by atoms with Gasteiger partial charge in [0.25, 0.3) is 5.91 Å². The Morgan fingerprint density at radius 1 is 1.33 bits per heavy atom. The zero-order valence-corrected chi connectivity index (χ0v) is 17.0. The summed E-state index contributed by atoms with van der Waals surface area (Å²) in [7, 11) is 1.67. The summed E-state index contributed by atoms with van der Waals surface area (Å²) in [6, 6.07) is 4.16. The summed E-state index contributed by atoms with van der Waals surface area (Å²) in [6.07, 6.45) is -2.13. The summed E-state index contributed by atoms with van der Waals surface area (Å²) >= 11 is 3.12. The van der Waals surface area contributed by atoms with Crippen molar-refractivity contribution in [3.63, 3.8) is 0 Å². The molecule has 2 heterocycles. The standard InChI is InChI=1S/C18H14BrF3N6O2/c1-28-15-10(14(27-28)16(23)29)4-2-8-7-24-17(26-13(8)15)25-11-5-3-9(19)6-12(11)30-18(20,21)22/h3,5-7H,2,4H2,1H3,(H2,23,29)(H,24,25,26). The van der Waals surface area contributed by atoms with Gasteiger partial charge in [-0.25, -0.2) is 9.97 Å². The van der Waals surface area contributed by atoms with E-state index in [0.29, 0.717) is 34.3 Å². The number of halogens is 4. The fraction of sp³-hybridized carbons (Fsp3) is 0.222. The van der Waals surface area contributed by atoms with Crippen molar-refractivity contribution in [3.8, 4) is 17.1 Å². The van der Waals surface area contributed by atoms with E-state index in [0.717, 1.165) is 5.56 Å². The molecule has 0 saturated carbocycles. The van der Waals surface area contributed by atoms with Crippen LogP contribution in [-0.2, 0) is 19.9 Å². The van der Waals surface area contributed by atoms with Gasteiger partial charge < -0.3 is 15.8 Å². The molecule has 3 N–H and O–H groups in total. The van der Waals surface area contributed by atoms with Gasteiger partial charge in [-0.05, 0) is 36.6 Å². The largest absolute Gasteiger partial charge is 0.573 e. The van der Waals surface area contributed by atoms with Crippen LogP contribution in [0.4, 0.5) is 24.8 Å². The Labute approximate surface area is 176 Å². The Bertz CT molecular complexity index is 1160. The Kier molecular flexibility index (Phi) is 4.88. The summed E-state index contributed by atoms with van der Waals surface area (Å²) in [5.41, 5.74) is 8.30. The molecule has 4 rings (SSSR count). The van der Waals surface area contributed by atoms with Crippen LogP contribution in [0.2, 0.25) is 0 Å². The number of ether oxygens (including phenoxy) is 1. The van der Waals surface area contributed by atoms with Gasteiger partial charge in [-0.15, -0.1) is 13.2 Å². The average molecular weight is 483 g/mol. The Morgan fingerprint density at radius 3 is 2.80 bits per heavy atom. The molecule has 3 aromatic rings. The lowest BCUT2D eigenvalue weighted by molar-refractivity contribution is -0.274. The maximum absolute atomic E-state index is 12.8. The third kappa shape index (κ3) is 3.82. The van der Waals surface area contributed by atoms with E-state index < -0.39 is 18.0 Å². The SMILES string of the molecule is Cn1nc(C(N)=O)c2c1-c1nc(Nc3ccc(Br)cc3OC(F)(F)F)ncc1CC2. The number of nitrogens with two attached hydrogens (primary N) is 1. The van der Waals surface area contributed by atoms with Gasteiger partial charge >= 0.3 is 6.36 Å². The number of fused-ring (bicyclic) bond motifs is 3. The summed E-state index contributed by atoms with van der Waals surface area (Å²) in [5, 5.41) is 6.94. The van der Waals surface area contributed by atoms with Gasteiger partial charge in [-0.1, -0.05) is 15.9 Å². The molecule has 12 heteroatoms. The van der Waals surface area contributed by atoms with Crippen molar-refractivity contribution < 1.29 is 22.7 Å². The van der Waals surface area contributed by atoms with Crippen molar-refractivity contribution in [2.45, 2.75) is 19.2 Å². The zero-order valence-electron chi connectivity index (χ0n) is 15.4. The number of nitrogens with one attached hydrogen (secondary N) is 1. The summed E-state index contributed by atoms with van der Waals surface area (Å²) in [5.74, 6) is -1.00. The number of nitrogens with zero attached hydrogens (tertiary/aromatic N) is 4. The van der Waals surface area contributed by atoms with Crippen LogP contribution in [0.15, 0.2) is 28.9 Å². The molecule has 1 aliphatic carbocycles. The summed E-state index contributed by atoms with van der Waals surface area (Å²) in [6.45, 7) is 0. The number of alkyl halides is 3. The van der Waals surface area contributed by atoms with E-state index in [1.165, 1.54) is 16.8 Å². The smallest absolute Gasteiger partial charge is 0.404 e. The monoisotopic (exact) mass is 482 g/mol. The normalized spacial score (nSPS) is 12.8. The molecule has 1 aliphatic rings. The molecule has 2 aromatic heterocycles. The number of hydrogen-bond acceptors (Lipinski definition) is 6. The molecule has 156 valence electrons. The first-order valence-corrected chi connectivity index (χ1v) is 9.46. The quantitative estimate of drug-likeness (QED) is 0.589. The third-order valence-electron chi connectivity index (χ3n) is 4.53. The van der Waals surface area contributed by atoms with Crippen molar-refractivity contribution in [1.29, 1.82) is 0 Å². The van der Waals surface area contributed by atoms with Gasteiger partial charge in [-0.3, -0.25) is 9.48 Å². The third-order valence-corrected chi connectivity index (χ3v) is 5.02. The van der Waals surface area contributed by atoms with Crippen LogP contribution in [0.1, 0.15) is 21.6 Å². The molecule has 1 aromatic carbocycles. The number of carbonyl (C=O) groups is 1. The minimum Gasteiger partial charge on any atom is -0.404 e. The van der Waals surface area contributed by atoms with E-state index >= 15 is 0 Å². The average Bonchev–Trinajstić information content (AvgIpc) is 3.00. The minimum atomic E-state index is -4.86. The van der Waals surface area contributed by atoms with Crippen molar-refractivity contribution >= 4 is 33.5 Å². The predicted octanol–water partition coefficient (Wildman–Crippen LogP) is 3.48. The molecule has 0 saturated heterocycles. The van der Waals surface area contributed by atoms with E-state index in [-0.39, 0.29) is 17.3 Å². The molecule has 0 fully saturated rings. The number of rotatable bonds is 4. The van der Waals surface area contributed by atoms with Crippen LogP contribution in [0.25, 0.3) is 11.4 Å². The second-order valence-electron chi connectivity index (χ2n) is 6.54. The van der Waals surface area contributed by atoms with Crippen molar-refractivity contribution in [2.75, 3.05) is 5.32 Å². The van der Waals surface area contributed by atoms with Crippen molar-refractivity contribution in [2.24, 2.45) is 12.8 Å². The number of benzene rings is 1. The van der Waals surface area contributed by atoms with Crippen LogP contribution < -0.4 is 15.8 Å². The Hall–Kier alpha value is -3.15. The fourth-order valence-electron chi connectivity index (χ4n) is 3.34. The molecule has 0 aliphatic heterocycles. The predicted molar refractivity (Wildman–Crippen MR) is 104 cm³/mol. The lowest BCUT2D eigenvalue weighted by Gasteiger charge is -2.18. The lowest BCUT2D eigenvalue weighted by Crippen LogP contribution is -2.18. The maximum atomic E-state index is 12.8. The molecule has 0 radical (unpaired) electrons. The van der Waals surface area contributed by atoms with Crippen LogP contribution >= 0.6 is 15.9 Å². The Morgan fingerprint density at radius 2 is 2.10 bits per heavy atom. The second kappa shape index (κ2) is 7.27. The molecule has 0 spiro atoms. The van der Waals surface area contributed by atoms with E-state index in [2.05, 4.69) is 41.1 Å². The van der Waals surface area contributed by atoms with E-state index in [4.69, 9.17) is 5.73 Å². The number of carbonyl (C=O) groups excluding carboxylic acids is 1. The molecular weight excluding hydrogens is 469 g/mol. The van der Waals surface area contributed by atoms with E-state index in [9.17, 15) is 18.0 Å². The highest BCUT2D eigenvalue weighted by Gasteiger charge is 2.32. The van der Waals surface area contributed by atoms with Gasteiger partial charge in [-0.2, -0.15) is 5.10 Å². The highest BCUT2D eigenvalue weighted by molar-refractivity contribution is 9.10. The highest BCUT2D eigenvalue weighted by Crippen LogP contribution is 2.36. The summed E-state index contributed by atoms with van der Waals surface area (Å²) in [4.78, 5) is 20.3. The number of primary amides is 1. The molecule has 0 atom stereocenters. The van der Waals surface area contributed by atoms with Crippen LogP contribution in [0, 0.1) is 0 Å². The van der Waals surface area contributed by atoms with Crippen LogP contribution in [-0.4, -0.2) is 32.0 Å². The molecular formula is C18H14BrF3N6O2. The van der Waals surface area contributed by atoms with Gasteiger partial charge in [0.1, 0.15) is 0 Å². The van der Waals surface area contributed by atoms with Gasteiger partial charge in [0.2, 0.25) is 5.95 Å². The van der Waals surface area contributed by atoms with E-state index in [1.54, 1.807) is 19.3 Å². The first-order valence-electron chi connectivity index (χ1n) is 8.66. The van der Waals surface area contributed by atoms with Crippen LogP contribution in [0.5, 0.6) is 5.75 Å². The first kappa shape index (κ1) is 20.1. The number of hydrogen-bond donors (Lipinski definition) is 2. The number of amides is 1. The molecule has 30 heavy (non-hydrogen) atoms. The summed E-state index contributed by atoms with van der Waals surface area (Å²) < 4.78 is 44.3. The second-order valence-corrected chi connectivity index (χ2v) is 7.46. The number of aryl methyl sites for hydroxylation is 2. The van der Waals surface area contributed by atoms with E-state index in [1.807, 2.05) is 0 Å². The van der Waals surface area contributed by atoms with Gasteiger partial charge in [0.05, 0.1) is 17.1 Å². The van der Waals surface area contributed by atoms with Crippen LogP contribution in [0.3, 0.4) is 0 Å². The fourth-order valence-corrected chi connectivity index (χ4v) is 3.68. The number of anilines is 2. The molecule has 0 bridgehead atoms. The lowest BCUT2D eigenvalue weighted by atomic mass is 9.93. The zero-order chi connectivity index (χ0) is 21.6. The highest BCUT2D eigenvalue weighted by atomic mass is 79.9. The molecule has 1 amide bonds. The topological polar surface area (TPSA) is 108 Å².